The van der Waals surface area contributed by atoms with Gasteiger partial charge in [-0.25, -0.2) is 19.7 Å². The Kier molecular flexibility index (Phi) is 11.8. The molecule has 8 nitrogen and oxygen atoms in total. The molecule has 242 valence electrons. The van der Waals surface area contributed by atoms with E-state index in [0.717, 1.165) is 51.4 Å². The Morgan fingerprint density at radius 1 is 1.16 bits per heavy atom. The lowest BCUT2D eigenvalue weighted by molar-refractivity contribution is 0.0950. The van der Waals surface area contributed by atoms with Gasteiger partial charge >= 0.3 is 6.03 Å². The fraction of sp³-hybridized carbons (Fsp3) is 0.472. The van der Waals surface area contributed by atoms with Crippen molar-refractivity contribution in [2.75, 3.05) is 27.2 Å². The zero-order valence-electron chi connectivity index (χ0n) is 27.6. The molecule has 1 aliphatic heterocycles. The molecule has 1 N–H and O–H groups in total. The minimum Gasteiger partial charge on any atom is -0.346 e. The third-order valence-corrected chi connectivity index (χ3v) is 9.71. The fourth-order valence-electron chi connectivity index (χ4n) is 5.23. The lowest BCUT2D eigenvalue weighted by Gasteiger charge is -2.31. The number of allylic oxidation sites excluding steroid dienone is 1. The minimum atomic E-state index is -0.153. The summed E-state index contributed by atoms with van der Waals surface area (Å²) < 4.78 is 0. The molecule has 0 fully saturated rings. The van der Waals surface area contributed by atoms with E-state index in [9.17, 15) is 9.59 Å². The molecule has 0 saturated carbocycles. The molecule has 3 amide bonds. The molecule has 9 heteroatoms. The largest absolute Gasteiger partial charge is 0.346 e. The maximum atomic E-state index is 12.8. The summed E-state index contributed by atoms with van der Waals surface area (Å²) in [5.74, 6) is 0.204. The Morgan fingerprint density at radius 3 is 2.47 bits per heavy atom. The first kappa shape index (κ1) is 35.6. The van der Waals surface area contributed by atoms with E-state index >= 15 is 0 Å². The Bertz CT molecular complexity index is 1580. The maximum Gasteiger partial charge on any atom is 0.319 e. The van der Waals surface area contributed by atoms with Crippen LogP contribution in [0.3, 0.4) is 0 Å². The van der Waals surface area contributed by atoms with Crippen LogP contribution in [0.25, 0.3) is 17.3 Å². The van der Waals surface area contributed by atoms with Crippen LogP contribution in [0.15, 0.2) is 47.9 Å². The molecule has 2 aromatic heterocycles. The first-order chi connectivity index (χ1) is 20.8. The third kappa shape index (κ3) is 8.45. The van der Waals surface area contributed by atoms with Gasteiger partial charge in [-0.2, -0.15) is 0 Å². The molecule has 0 bridgehead atoms. The highest BCUT2D eigenvalue weighted by atomic mass is 32.1. The Balaban J connectivity index is 0.00000552. The van der Waals surface area contributed by atoms with Crippen LogP contribution in [0.4, 0.5) is 4.79 Å². The van der Waals surface area contributed by atoms with Crippen LogP contribution < -0.4 is 5.32 Å². The highest BCUT2D eigenvalue weighted by Crippen LogP contribution is 2.32. The molecule has 1 aromatic carbocycles. The number of benzene rings is 1. The molecule has 3 heterocycles. The number of aryl methyl sites for hydroxylation is 1. The van der Waals surface area contributed by atoms with Crippen molar-refractivity contribution in [3.63, 3.8) is 0 Å². The molecule has 0 saturated heterocycles. The van der Waals surface area contributed by atoms with Gasteiger partial charge in [-0.1, -0.05) is 60.3 Å². The molecular weight excluding hydrogens is 581 g/mol. The van der Waals surface area contributed by atoms with Gasteiger partial charge in [0.25, 0.3) is 5.91 Å². The predicted molar refractivity (Wildman–Crippen MR) is 186 cm³/mol. The highest BCUT2D eigenvalue weighted by Gasteiger charge is 2.23. The van der Waals surface area contributed by atoms with Gasteiger partial charge in [-0.3, -0.25) is 4.79 Å². The number of aromatic nitrogens is 3. The number of carbonyl (C=O) groups is 2. The summed E-state index contributed by atoms with van der Waals surface area (Å²) in [4.78, 5) is 43.5. The number of urea groups is 1. The van der Waals surface area contributed by atoms with Crippen LogP contribution in [0.2, 0.25) is 0 Å². The van der Waals surface area contributed by atoms with Crippen LogP contribution in [0.1, 0.15) is 92.0 Å². The summed E-state index contributed by atoms with van der Waals surface area (Å²) in [7, 11) is 3.58. The van der Waals surface area contributed by atoms with Crippen molar-refractivity contribution in [1.29, 1.82) is 0 Å². The molecule has 0 aliphatic carbocycles. The van der Waals surface area contributed by atoms with Crippen LogP contribution in [-0.4, -0.2) is 63.9 Å². The van der Waals surface area contributed by atoms with Crippen molar-refractivity contribution in [1.82, 2.24) is 30.1 Å². The van der Waals surface area contributed by atoms with Crippen molar-refractivity contribution < 1.29 is 9.59 Å². The van der Waals surface area contributed by atoms with Gasteiger partial charge in [-0.05, 0) is 72.4 Å². The van der Waals surface area contributed by atoms with E-state index in [1.54, 1.807) is 31.5 Å². The molecular formula is C36H50N6O2S. The molecule has 1 atom stereocenters. The summed E-state index contributed by atoms with van der Waals surface area (Å²) in [6, 6.07) is 6.29. The first-order valence-corrected chi connectivity index (χ1v) is 16.1. The second kappa shape index (κ2) is 15.0. The van der Waals surface area contributed by atoms with Crippen molar-refractivity contribution in [2.45, 2.75) is 80.7 Å². The summed E-state index contributed by atoms with van der Waals surface area (Å²) in [5.41, 5.74) is 8.50. The lowest BCUT2D eigenvalue weighted by Crippen LogP contribution is -2.41. The van der Waals surface area contributed by atoms with Crippen LogP contribution in [0, 0.1) is 19.8 Å². The molecule has 4 rings (SSSR count). The van der Waals surface area contributed by atoms with E-state index in [1.807, 2.05) is 4.90 Å². The van der Waals surface area contributed by atoms with Gasteiger partial charge in [0.2, 0.25) is 0 Å². The van der Waals surface area contributed by atoms with E-state index in [2.05, 4.69) is 99.1 Å². The number of thiazole rings is 1. The average Bonchev–Trinajstić information content (AvgIpc) is 3.51. The summed E-state index contributed by atoms with van der Waals surface area (Å²) in [6.45, 7) is 16.7. The fourth-order valence-corrected chi connectivity index (χ4v) is 6.12. The monoisotopic (exact) mass is 630 g/mol. The highest BCUT2D eigenvalue weighted by molar-refractivity contribution is 7.13. The van der Waals surface area contributed by atoms with Crippen molar-refractivity contribution >= 4 is 29.4 Å². The van der Waals surface area contributed by atoms with E-state index in [-0.39, 0.29) is 24.8 Å². The van der Waals surface area contributed by atoms with Crippen LogP contribution in [0.5, 0.6) is 0 Å². The predicted octanol–water partition coefficient (Wildman–Crippen LogP) is 7.82. The molecule has 0 radical (unpaired) electrons. The molecule has 0 spiro atoms. The minimum absolute atomic E-state index is 0. The van der Waals surface area contributed by atoms with Gasteiger partial charge in [0, 0.05) is 55.9 Å². The average molecular weight is 631 g/mol. The first-order valence-electron chi connectivity index (χ1n) is 15.3. The lowest BCUT2D eigenvalue weighted by atomic mass is 9.87. The third-order valence-electron chi connectivity index (χ3n) is 8.29. The second-order valence-corrected chi connectivity index (χ2v) is 13.9. The molecule has 45 heavy (non-hydrogen) atoms. The van der Waals surface area contributed by atoms with Gasteiger partial charge in [0.05, 0.1) is 11.4 Å². The van der Waals surface area contributed by atoms with Crippen molar-refractivity contribution in [3.05, 3.63) is 80.2 Å². The zero-order valence-corrected chi connectivity index (χ0v) is 28.4. The zero-order chi connectivity index (χ0) is 32.2. The number of carbonyl (C=O) groups excluding carboxylic acids is 2. The maximum absolute atomic E-state index is 12.8. The van der Waals surface area contributed by atoms with Crippen molar-refractivity contribution in [3.8, 4) is 11.3 Å². The Hall–Kier alpha value is -3.85. The van der Waals surface area contributed by atoms with E-state index < -0.39 is 0 Å². The SMILES string of the molecule is C.CCC(C)/C(=C\c1ncnc(-c2ccc(CNC(=O)c3ncc(C(C)(C)C)s3)c(C)c2)c1C)C1=CCN(C(=O)N(C)C)CC1. The van der Waals surface area contributed by atoms with Gasteiger partial charge < -0.3 is 15.1 Å². The number of amides is 3. The summed E-state index contributed by atoms with van der Waals surface area (Å²) in [6.07, 6.45) is 9.68. The second-order valence-electron chi connectivity index (χ2n) is 12.8. The van der Waals surface area contributed by atoms with Gasteiger partial charge in [0.1, 0.15) is 6.33 Å². The standard InChI is InChI=1S/C35H46N6O2S.CH4/c1-10-22(2)28(25-13-15-41(16-14-25)34(43)40(8)9)18-29-24(4)31(39-21-38-29)26-11-12-27(23(3)17-26)19-36-32(42)33-37-20-30(44-33)35(5,6)7;/h11-13,17-18,20-22H,10,14-16,19H2,1-9H3,(H,36,42);1H4/b28-18+;. The van der Waals surface area contributed by atoms with Gasteiger partial charge in [-0.15, -0.1) is 11.3 Å². The molecule has 1 unspecified atom stereocenters. The normalized spacial score (nSPS) is 14.4. The van der Waals surface area contributed by atoms with Gasteiger partial charge in [0.15, 0.2) is 5.01 Å². The molecule has 3 aromatic rings. The van der Waals surface area contributed by atoms with E-state index in [4.69, 9.17) is 0 Å². The van der Waals surface area contributed by atoms with Crippen molar-refractivity contribution in [2.24, 2.45) is 5.92 Å². The Morgan fingerprint density at radius 2 is 1.89 bits per heavy atom. The number of hydrogen-bond donors (Lipinski definition) is 1. The van der Waals surface area contributed by atoms with E-state index in [1.165, 1.54) is 22.5 Å². The topological polar surface area (TPSA) is 91.3 Å². The number of nitrogens with zero attached hydrogens (tertiary/aromatic N) is 5. The quantitative estimate of drug-likeness (QED) is 0.274. The summed E-state index contributed by atoms with van der Waals surface area (Å²) in [5, 5.41) is 3.52. The number of hydrogen-bond acceptors (Lipinski definition) is 6. The smallest absolute Gasteiger partial charge is 0.319 e. The van der Waals surface area contributed by atoms with Crippen LogP contribution in [-0.2, 0) is 12.0 Å². The number of rotatable bonds is 8. The van der Waals surface area contributed by atoms with Crippen LogP contribution >= 0.6 is 11.3 Å². The van der Waals surface area contributed by atoms with E-state index in [0.29, 0.717) is 30.6 Å². The Labute approximate surface area is 273 Å². The molecule has 1 aliphatic rings. The number of nitrogens with one attached hydrogen (secondary N) is 1. The summed E-state index contributed by atoms with van der Waals surface area (Å²) >= 11 is 1.45.